The minimum Gasteiger partial charge on any atom is -0.467 e. The smallest absolute Gasteiger partial charge is 0.338 e. The Bertz CT molecular complexity index is 397. The van der Waals surface area contributed by atoms with Gasteiger partial charge in [-0.1, -0.05) is 24.3 Å². The highest BCUT2D eigenvalue weighted by Gasteiger charge is 2.36. The van der Waals surface area contributed by atoms with Crippen molar-refractivity contribution in [1.82, 2.24) is 0 Å². The molecule has 0 aromatic heterocycles. The lowest BCUT2D eigenvalue weighted by Gasteiger charge is -2.10. The van der Waals surface area contributed by atoms with E-state index < -0.39 is 30.4 Å². The van der Waals surface area contributed by atoms with Crippen molar-refractivity contribution < 1.29 is 24.5 Å². The highest BCUT2D eigenvalue weighted by Crippen LogP contribution is 2.28. The van der Waals surface area contributed by atoms with Crippen molar-refractivity contribution in [2.24, 2.45) is 0 Å². The Morgan fingerprint density at radius 3 is 2.53 bits per heavy atom. The number of rotatable bonds is 4. The van der Waals surface area contributed by atoms with E-state index in [0.29, 0.717) is 5.57 Å². The third-order valence-electron chi connectivity index (χ3n) is 2.83. The topological polar surface area (TPSA) is 76.0 Å². The van der Waals surface area contributed by atoms with Crippen molar-refractivity contribution in [3.63, 3.8) is 0 Å². The Hall–Kier alpha value is -1.43. The van der Waals surface area contributed by atoms with Gasteiger partial charge >= 0.3 is 5.97 Å². The molecule has 1 saturated heterocycles. The predicted molar refractivity (Wildman–Crippen MR) is 70.4 cm³/mol. The van der Waals surface area contributed by atoms with Crippen LogP contribution in [0, 0.1) is 0 Å². The summed E-state index contributed by atoms with van der Waals surface area (Å²) in [4.78, 5) is 11.2. The van der Waals surface area contributed by atoms with Crippen molar-refractivity contribution >= 4 is 5.97 Å². The van der Waals surface area contributed by atoms with Crippen molar-refractivity contribution in [2.75, 3.05) is 7.11 Å². The van der Waals surface area contributed by atoms with Gasteiger partial charge in [0, 0.05) is 0 Å². The second-order valence-electron chi connectivity index (χ2n) is 4.15. The van der Waals surface area contributed by atoms with E-state index in [1.807, 2.05) is 13.8 Å². The number of esters is 1. The van der Waals surface area contributed by atoms with E-state index in [0.717, 1.165) is 0 Å². The van der Waals surface area contributed by atoms with Gasteiger partial charge in [0.2, 0.25) is 0 Å². The van der Waals surface area contributed by atoms with E-state index in [1.165, 1.54) is 13.2 Å². The molecule has 0 bridgehead atoms. The summed E-state index contributed by atoms with van der Waals surface area (Å²) in [7, 11) is 1.19. The fraction of sp³-hybridized carbons (Fsp3) is 0.500. The third-order valence-corrected chi connectivity index (χ3v) is 2.83. The van der Waals surface area contributed by atoms with Gasteiger partial charge in [-0.25, -0.2) is 4.79 Å². The van der Waals surface area contributed by atoms with Crippen LogP contribution >= 0.6 is 0 Å². The van der Waals surface area contributed by atoms with Gasteiger partial charge in [0.1, 0.15) is 18.3 Å². The van der Waals surface area contributed by atoms with Crippen LogP contribution < -0.4 is 0 Å². The van der Waals surface area contributed by atoms with Gasteiger partial charge in [-0.05, 0) is 25.5 Å². The van der Waals surface area contributed by atoms with Crippen LogP contribution in [0.15, 0.2) is 36.0 Å². The normalized spacial score (nSPS) is 31.4. The first-order valence-electron chi connectivity index (χ1n) is 6.11. The van der Waals surface area contributed by atoms with Gasteiger partial charge in [-0.3, -0.25) is 0 Å². The molecule has 1 heterocycles. The van der Waals surface area contributed by atoms with Crippen LogP contribution in [0.2, 0.25) is 0 Å². The van der Waals surface area contributed by atoms with Gasteiger partial charge in [-0.15, -0.1) is 0 Å². The van der Waals surface area contributed by atoms with Crippen LogP contribution in [0.5, 0.6) is 0 Å². The van der Waals surface area contributed by atoms with Gasteiger partial charge in [-0.2, -0.15) is 0 Å². The average Bonchev–Trinajstić information content (AvgIpc) is 2.67. The molecule has 0 radical (unpaired) electrons. The molecule has 1 aliphatic heterocycles. The molecule has 19 heavy (non-hydrogen) atoms. The molecule has 5 heteroatoms. The number of aliphatic hydroxyl groups excluding tert-OH is 2. The number of hydrogen-bond donors (Lipinski definition) is 2. The van der Waals surface area contributed by atoms with Crippen molar-refractivity contribution in [1.29, 1.82) is 0 Å². The van der Waals surface area contributed by atoms with Crippen LogP contribution in [-0.4, -0.2) is 47.7 Å². The molecule has 0 aliphatic carbocycles. The van der Waals surface area contributed by atoms with Crippen LogP contribution in [0.4, 0.5) is 0 Å². The maximum atomic E-state index is 11.2. The first-order valence-corrected chi connectivity index (χ1v) is 6.11. The largest absolute Gasteiger partial charge is 0.467 e. The summed E-state index contributed by atoms with van der Waals surface area (Å²) in [5.41, 5.74) is 0.458. The quantitative estimate of drug-likeness (QED) is 0.580. The Balaban J connectivity index is 2.99. The highest BCUT2D eigenvalue weighted by atomic mass is 16.5. The zero-order valence-corrected chi connectivity index (χ0v) is 11.3. The monoisotopic (exact) mass is 268 g/mol. The zero-order valence-electron chi connectivity index (χ0n) is 11.3. The Morgan fingerprint density at radius 1 is 1.37 bits per heavy atom. The van der Waals surface area contributed by atoms with Gasteiger partial charge < -0.3 is 19.7 Å². The van der Waals surface area contributed by atoms with Crippen LogP contribution in [-0.2, 0) is 14.3 Å². The standard InChI is InChI=1S/C14H20O5/c1-4-6-11-9(8-10(15)14(17)18-3)13(16)12(19-11)7-5-2/h4-8,10-13,15-16H,1-3H3/b6-4+,7-5+,9-8+/t10?,11-,12+,13+/m1/s1. The first kappa shape index (κ1) is 15.6. The summed E-state index contributed by atoms with van der Waals surface area (Å²) in [6, 6.07) is 0. The summed E-state index contributed by atoms with van der Waals surface area (Å²) in [5, 5.41) is 19.8. The summed E-state index contributed by atoms with van der Waals surface area (Å²) in [5.74, 6) is -0.770. The molecular formula is C14H20O5. The second kappa shape index (κ2) is 7.23. The van der Waals surface area contributed by atoms with E-state index in [-0.39, 0.29) is 0 Å². The Morgan fingerprint density at radius 2 is 2.00 bits per heavy atom. The molecule has 1 fully saturated rings. The van der Waals surface area contributed by atoms with Crippen LogP contribution in [0.1, 0.15) is 13.8 Å². The maximum Gasteiger partial charge on any atom is 0.338 e. The van der Waals surface area contributed by atoms with E-state index >= 15 is 0 Å². The van der Waals surface area contributed by atoms with Crippen LogP contribution in [0.25, 0.3) is 0 Å². The fourth-order valence-electron chi connectivity index (χ4n) is 1.92. The van der Waals surface area contributed by atoms with E-state index in [4.69, 9.17) is 4.74 Å². The van der Waals surface area contributed by atoms with Crippen molar-refractivity contribution in [3.8, 4) is 0 Å². The molecule has 0 aromatic rings. The molecule has 0 amide bonds. The van der Waals surface area contributed by atoms with Crippen molar-refractivity contribution in [3.05, 3.63) is 36.0 Å². The number of hydrogen-bond acceptors (Lipinski definition) is 5. The molecular weight excluding hydrogens is 248 g/mol. The molecule has 0 aromatic carbocycles. The van der Waals surface area contributed by atoms with Crippen LogP contribution in [0.3, 0.4) is 0 Å². The molecule has 1 unspecified atom stereocenters. The minimum absolute atomic E-state index is 0.458. The number of allylic oxidation sites excluding steroid dienone is 2. The Labute approximate surface area is 112 Å². The molecule has 106 valence electrons. The average molecular weight is 268 g/mol. The van der Waals surface area contributed by atoms with Crippen molar-refractivity contribution in [2.45, 2.75) is 38.3 Å². The maximum absolute atomic E-state index is 11.2. The lowest BCUT2D eigenvalue weighted by Crippen LogP contribution is -2.24. The van der Waals surface area contributed by atoms with E-state index in [1.54, 1.807) is 24.3 Å². The third kappa shape index (κ3) is 3.76. The SMILES string of the molecule is C/C=C/[C@@H]1O[C@H](/C=C/C)/C(=C\C(O)C(=O)OC)[C@@H]1O. The fourth-order valence-corrected chi connectivity index (χ4v) is 1.92. The molecule has 0 saturated carbocycles. The minimum atomic E-state index is -1.41. The molecule has 0 spiro atoms. The van der Waals surface area contributed by atoms with Gasteiger partial charge in [0.05, 0.1) is 7.11 Å². The second-order valence-corrected chi connectivity index (χ2v) is 4.15. The molecule has 4 atom stereocenters. The summed E-state index contributed by atoms with van der Waals surface area (Å²) in [6.07, 6.45) is 5.09. The number of carbonyl (C=O) groups is 1. The van der Waals surface area contributed by atoms with Gasteiger partial charge in [0.25, 0.3) is 0 Å². The molecule has 1 aliphatic rings. The number of aliphatic hydroxyl groups is 2. The number of methoxy groups -OCH3 is 1. The summed E-state index contributed by atoms with van der Waals surface area (Å²) >= 11 is 0. The lowest BCUT2D eigenvalue weighted by atomic mass is 10.0. The van der Waals surface area contributed by atoms with E-state index in [9.17, 15) is 15.0 Å². The zero-order chi connectivity index (χ0) is 14.4. The predicted octanol–water partition coefficient (Wildman–Crippen LogP) is 0.727. The molecule has 2 N–H and O–H groups in total. The number of ether oxygens (including phenoxy) is 2. The molecule has 1 rings (SSSR count). The lowest BCUT2D eigenvalue weighted by molar-refractivity contribution is -0.147. The first-order chi connectivity index (χ1) is 9.04. The summed E-state index contributed by atoms with van der Waals surface area (Å²) < 4.78 is 10.1. The highest BCUT2D eigenvalue weighted by molar-refractivity contribution is 5.76. The molecule has 5 nitrogen and oxygen atoms in total. The van der Waals surface area contributed by atoms with E-state index in [2.05, 4.69) is 4.74 Å². The van der Waals surface area contributed by atoms with Gasteiger partial charge in [0.15, 0.2) is 6.10 Å². The number of carbonyl (C=O) groups excluding carboxylic acids is 1. The summed E-state index contributed by atoms with van der Waals surface area (Å²) in [6.45, 7) is 3.65. The Kier molecular flexibility index (Phi) is 5.95.